The van der Waals surface area contributed by atoms with Crippen LogP contribution in [0.1, 0.15) is 23.3 Å². The second-order valence-electron chi connectivity index (χ2n) is 3.20. The van der Waals surface area contributed by atoms with Crippen molar-refractivity contribution in [2.45, 2.75) is 13.0 Å². The van der Waals surface area contributed by atoms with Crippen LogP contribution in [0.25, 0.3) is 0 Å². The number of nitrogens with two attached hydrogens (primary N) is 1. The van der Waals surface area contributed by atoms with Gasteiger partial charge in [0.05, 0.1) is 6.04 Å². The Morgan fingerprint density at radius 3 is 2.44 bits per heavy atom. The molecule has 0 saturated carbocycles. The van der Waals surface area contributed by atoms with Crippen LogP contribution >= 0.6 is 24.0 Å². The molecule has 2 aromatic rings. The molecule has 6 heteroatoms. The van der Waals surface area contributed by atoms with Gasteiger partial charge in [-0.05, 0) is 17.7 Å². The lowest BCUT2D eigenvalue weighted by Gasteiger charge is -2.06. The molecule has 1 heterocycles. The third-order valence-electron chi connectivity index (χ3n) is 2.05. The van der Waals surface area contributed by atoms with Crippen LogP contribution in [0.15, 0.2) is 28.8 Å². The minimum atomic E-state index is -0.375. The van der Waals surface area contributed by atoms with Gasteiger partial charge in [-0.15, -0.1) is 12.4 Å². The summed E-state index contributed by atoms with van der Waals surface area (Å²) < 4.78 is 4.86. The Labute approximate surface area is 104 Å². The molecule has 0 fully saturated rings. The Morgan fingerprint density at radius 1 is 1.31 bits per heavy atom. The maximum Gasteiger partial charge on any atom is 0.223 e. The fraction of sp³-hybridized carbons (Fsp3) is 0.200. The van der Waals surface area contributed by atoms with Gasteiger partial charge < -0.3 is 10.3 Å². The van der Waals surface area contributed by atoms with Gasteiger partial charge in [-0.2, -0.15) is 4.98 Å². The molecular formula is C10H11Cl2N3O. The fourth-order valence-corrected chi connectivity index (χ4v) is 1.39. The normalized spacial score (nSPS) is 11.9. The summed E-state index contributed by atoms with van der Waals surface area (Å²) in [5.41, 5.74) is 6.85. The van der Waals surface area contributed by atoms with E-state index in [2.05, 4.69) is 10.1 Å². The molecule has 0 amide bonds. The summed E-state index contributed by atoms with van der Waals surface area (Å²) in [5.74, 6) is 0.990. The Hall–Kier alpha value is -1.10. The number of benzene rings is 1. The summed E-state index contributed by atoms with van der Waals surface area (Å²) in [4.78, 5) is 4.07. The quantitative estimate of drug-likeness (QED) is 0.900. The summed E-state index contributed by atoms with van der Waals surface area (Å²) in [6.45, 7) is 1.73. The van der Waals surface area contributed by atoms with Gasteiger partial charge in [-0.25, -0.2) is 0 Å². The SMILES string of the molecule is Cc1nc(C(N)c2ccc(Cl)cc2)no1.Cl. The third-order valence-corrected chi connectivity index (χ3v) is 2.30. The molecule has 1 unspecified atom stereocenters. The van der Waals surface area contributed by atoms with E-state index in [1.165, 1.54) is 0 Å². The van der Waals surface area contributed by atoms with Gasteiger partial charge in [0.2, 0.25) is 5.89 Å². The van der Waals surface area contributed by atoms with Crippen molar-refractivity contribution in [3.05, 3.63) is 46.6 Å². The van der Waals surface area contributed by atoms with Crippen molar-refractivity contribution in [2.75, 3.05) is 0 Å². The van der Waals surface area contributed by atoms with Crippen molar-refractivity contribution >= 4 is 24.0 Å². The van der Waals surface area contributed by atoms with E-state index in [-0.39, 0.29) is 18.4 Å². The van der Waals surface area contributed by atoms with Crippen molar-refractivity contribution in [3.8, 4) is 0 Å². The predicted octanol–water partition coefficient (Wildman–Crippen LogP) is 2.50. The van der Waals surface area contributed by atoms with Crippen LogP contribution in [-0.2, 0) is 0 Å². The topological polar surface area (TPSA) is 64.9 Å². The highest BCUT2D eigenvalue weighted by Gasteiger charge is 2.14. The summed E-state index contributed by atoms with van der Waals surface area (Å²) in [6.07, 6.45) is 0. The molecule has 0 saturated heterocycles. The van der Waals surface area contributed by atoms with Crippen molar-refractivity contribution < 1.29 is 4.52 Å². The van der Waals surface area contributed by atoms with E-state index in [1.807, 2.05) is 12.1 Å². The van der Waals surface area contributed by atoms with Crippen molar-refractivity contribution in [2.24, 2.45) is 5.73 Å². The molecule has 0 radical (unpaired) electrons. The molecule has 4 nitrogen and oxygen atoms in total. The van der Waals surface area contributed by atoms with Crippen molar-refractivity contribution in [1.82, 2.24) is 10.1 Å². The van der Waals surface area contributed by atoms with E-state index in [1.54, 1.807) is 19.1 Å². The zero-order valence-corrected chi connectivity index (χ0v) is 10.1. The van der Waals surface area contributed by atoms with E-state index in [9.17, 15) is 0 Å². The van der Waals surface area contributed by atoms with Crippen LogP contribution in [0, 0.1) is 6.92 Å². The second-order valence-corrected chi connectivity index (χ2v) is 3.64. The van der Waals surface area contributed by atoms with Gasteiger partial charge in [-0.3, -0.25) is 0 Å². The standard InChI is InChI=1S/C10H10ClN3O.ClH/c1-6-13-10(14-15-6)9(12)7-2-4-8(11)5-3-7;/h2-5,9H,12H2,1H3;1H. The molecule has 16 heavy (non-hydrogen) atoms. The Balaban J connectivity index is 0.00000128. The van der Waals surface area contributed by atoms with Gasteiger partial charge in [0, 0.05) is 11.9 Å². The van der Waals surface area contributed by atoms with Gasteiger partial charge in [0.1, 0.15) is 0 Å². The molecule has 0 aliphatic carbocycles. The molecule has 86 valence electrons. The smallest absolute Gasteiger partial charge is 0.223 e. The summed E-state index contributed by atoms with van der Waals surface area (Å²) in [5, 5.41) is 4.45. The van der Waals surface area contributed by atoms with E-state index in [0.717, 1.165) is 5.56 Å². The maximum atomic E-state index is 5.95. The lowest BCUT2D eigenvalue weighted by molar-refractivity contribution is 0.385. The molecule has 0 aliphatic rings. The minimum Gasteiger partial charge on any atom is -0.340 e. The summed E-state index contributed by atoms with van der Waals surface area (Å²) in [7, 11) is 0. The monoisotopic (exact) mass is 259 g/mol. The highest BCUT2D eigenvalue weighted by atomic mass is 35.5. The number of halogens is 2. The van der Waals surface area contributed by atoms with Crippen LogP contribution in [0.2, 0.25) is 5.02 Å². The molecule has 1 aromatic heterocycles. The third kappa shape index (κ3) is 2.72. The van der Waals surface area contributed by atoms with E-state index in [4.69, 9.17) is 21.9 Å². The summed E-state index contributed by atoms with van der Waals surface area (Å²) in [6, 6.07) is 6.88. The number of aryl methyl sites for hydroxylation is 1. The molecule has 2 N–H and O–H groups in total. The molecular weight excluding hydrogens is 249 g/mol. The van der Waals surface area contributed by atoms with Crippen LogP contribution < -0.4 is 5.73 Å². The van der Waals surface area contributed by atoms with Gasteiger partial charge in [-0.1, -0.05) is 28.9 Å². The zero-order chi connectivity index (χ0) is 10.8. The van der Waals surface area contributed by atoms with Crippen LogP contribution in [0.4, 0.5) is 0 Å². The molecule has 2 rings (SSSR count). The number of rotatable bonds is 2. The zero-order valence-electron chi connectivity index (χ0n) is 8.55. The van der Waals surface area contributed by atoms with Gasteiger partial charge in [0.15, 0.2) is 5.82 Å². The minimum absolute atomic E-state index is 0. The number of hydrogen-bond donors (Lipinski definition) is 1. The largest absolute Gasteiger partial charge is 0.340 e. The van der Waals surface area contributed by atoms with Crippen LogP contribution in [0.3, 0.4) is 0 Å². The highest BCUT2D eigenvalue weighted by Crippen LogP contribution is 2.18. The molecule has 0 bridgehead atoms. The molecule has 1 atom stereocenters. The fourth-order valence-electron chi connectivity index (χ4n) is 1.26. The van der Waals surface area contributed by atoms with E-state index >= 15 is 0 Å². The number of nitrogens with zero attached hydrogens (tertiary/aromatic N) is 2. The molecule has 1 aromatic carbocycles. The van der Waals surface area contributed by atoms with Crippen LogP contribution in [0.5, 0.6) is 0 Å². The Morgan fingerprint density at radius 2 is 1.94 bits per heavy atom. The summed E-state index contributed by atoms with van der Waals surface area (Å²) >= 11 is 5.78. The number of aromatic nitrogens is 2. The first kappa shape index (κ1) is 13.0. The Bertz CT molecular complexity index is 455. The number of hydrogen-bond acceptors (Lipinski definition) is 4. The van der Waals surface area contributed by atoms with Gasteiger partial charge in [0.25, 0.3) is 0 Å². The average Bonchev–Trinajstić information content (AvgIpc) is 2.65. The maximum absolute atomic E-state index is 5.95. The first-order valence-corrected chi connectivity index (χ1v) is 4.86. The van der Waals surface area contributed by atoms with Crippen molar-refractivity contribution in [3.63, 3.8) is 0 Å². The predicted molar refractivity (Wildman–Crippen MR) is 63.8 cm³/mol. The first-order chi connectivity index (χ1) is 7.16. The van der Waals surface area contributed by atoms with Crippen LogP contribution in [-0.4, -0.2) is 10.1 Å². The highest BCUT2D eigenvalue weighted by molar-refractivity contribution is 6.30. The van der Waals surface area contributed by atoms with E-state index < -0.39 is 0 Å². The first-order valence-electron chi connectivity index (χ1n) is 4.48. The van der Waals surface area contributed by atoms with Crippen molar-refractivity contribution in [1.29, 1.82) is 0 Å². The van der Waals surface area contributed by atoms with Gasteiger partial charge >= 0.3 is 0 Å². The molecule has 0 aliphatic heterocycles. The lowest BCUT2D eigenvalue weighted by atomic mass is 10.1. The van der Waals surface area contributed by atoms with E-state index in [0.29, 0.717) is 16.7 Å². The second kappa shape index (κ2) is 5.30. The molecule has 0 spiro atoms. The Kier molecular flexibility index (Phi) is 4.29. The average molecular weight is 260 g/mol. The lowest BCUT2D eigenvalue weighted by Crippen LogP contribution is -2.13.